The van der Waals surface area contributed by atoms with Crippen LogP contribution in [0.5, 0.6) is 0 Å². The van der Waals surface area contributed by atoms with E-state index in [4.69, 9.17) is 0 Å². The normalized spacial score (nSPS) is 22.0. The zero-order valence-corrected chi connectivity index (χ0v) is 15.6. The fraction of sp³-hybridized carbons (Fsp3) is 0.944. The van der Waals surface area contributed by atoms with E-state index in [1.807, 2.05) is 0 Å². The Morgan fingerprint density at radius 3 is 2.22 bits per heavy atom. The first kappa shape index (κ1) is 20.5. The number of hydrogen-bond acceptors (Lipinski definition) is 4. The number of rotatable bonds is 10. The number of oxime groups is 1. The molecule has 0 aliphatic heterocycles. The average molecular weight is 346 g/mol. The molecule has 0 saturated heterocycles. The highest BCUT2D eigenvalue weighted by Crippen LogP contribution is 2.22. The highest BCUT2D eigenvalue weighted by Gasteiger charge is 2.30. The molecule has 0 amide bonds. The van der Waals surface area contributed by atoms with Gasteiger partial charge in [0, 0.05) is 0 Å². The Balaban J connectivity index is 2.35. The first-order valence-electron chi connectivity index (χ1n) is 9.54. The summed E-state index contributed by atoms with van der Waals surface area (Å²) in [6.07, 6.45) is 14.5. The van der Waals surface area contributed by atoms with Gasteiger partial charge < -0.3 is 5.21 Å². The summed E-state index contributed by atoms with van der Waals surface area (Å²) in [5.41, 5.74) is 0.490. The van der Waals surface area contributed by atoms with E-state index in [1.54, 1.807) is 0 Å². The quantitative estimate of drug-likeness (QED) is 0.340. The van der Waals surface area contributed by atoms with E-state index in [0.29, 0.717) is 18.6 Å². The highest BCUT2D eigenvalue weighted by atomic mass is 32.2. The Labute approximate surface area is 142 Å². The van der Waals surface area contributed by atoms with Crippen molar-refractivity contribution < 1.29 is 13.6 Å². The molecule has 23 heavy (non-hydrogen) atoms. The fourth-order valence-electron chi connectivity index (χ4n) is 3.40. The molecule has 4 nitrogen and oxygen atoms in total. The van der Waals surface area contributed by atoms with Gasteiger partial charge in [0.2, 0.25) is 0 Å². The third kappa shape index (κ3) is 8.18. The van der Waals surface area contributed by atoms with Crippen LogP contribution in [-0.2, 0) is 9.84 Å². The largest absolute Gasteiger partial charge is 0.411 e. The summed E-state index contributed by atoms with van der Waals surface area (Å²) in [4.78, 5) is 0. The summed E-state index contributed by atoms with van der Waals surface area (Å²) in [6.45, 7) is 2.21. The zero-order chi connectivity index (χ0) is 17.0. The van der Waals surface area contributed by atoms with Crippen molar-refractivity contribution in [1.82, 2.24) is 0 Å². The minimum Gasteiger partial charge on any atom is -0.411 e. The lowest BCUT2D eigenvalue weighted by Gasteiger charge is -2.21. The van der Waals surface area contributed by atoms with Crippen molar-refractivity contribution in [2.24, 2.45) is 5.16 Å². The van der Waals surface area contributed by atoms with Crippen LogP contribution in [0.25, 0.3) is 0 Å². The predicted molar refractivity (Wildman–Crippen MR) is 97.1 cm³/mol. The highest BCUT2D eigenvalue weighted by molar-refractivity contribution is 7.92. The molecule has 0 radical (unpaired) electrons. The van der Waals surface area contributed by atoms with E-state index >= 15 is 0 Å². The van der Waals surface area contributed by atoms with Crippen LogP contribution in [0.15, 0.2) is 5.16 Å². The molecule has 1 unspecified atom stereocenters. The summed E-state index contributed by atoms with van der Waals surface area (Å²) in [5.74, 6) is 0.242. The second kappa shape index (κ2) is 11.9. The van der Waals surface area contributed by atoms with Gasteiger partial charge in [0.15, 0.2) is 9.84 Å². The minimum atomic E-state index is -3.18. The maximum absolute atomic E-state index is 12.6. The van der Waals surface area contributed by atoms with Crippen molar-refractivity contribution in [2.75, 3.05) is 5.75 Å². The molecule has 0 bridgehead atoms. The van der Waals surface area contributed by atoms with Crippen molar-refractivity contribution in [3.63, 3.8) is 0 Å². The van der Waals surface area contributed by atoms with E-state index in [9.17, 15) is 13.6 Å². The molecule has 136 valence electrons. The molecule has 1 fully saturated rings. The van der Waals surface area contributed by atoms with Crippen LogP contribution in [0.4, 0.5) is 0 Å². The van der Waals surface area contributed by atoms with Crippen molar-refractivity contribution in [2.45, 2.75) is 102 Å². The first-order valence-corrected chi connectivity index (χ1v) is 11.3. The minimum absolute atomic E-state index is 0.242. The molecule has 1 saturated carbocycles. The van der Waals surface area contributed by atoms with E-state index < -0.39 is 15.1 Å². The Kier molecular flexibility index (Phi) is 10.6. The molecule has 5 heteroatoms. The average Bonchev–Trinajstić information content (AvgIpc) is 2.49. The molecule has 0 aromatic carbocycles. The zero-order valence-electron chi connectivity index (χ0n) is 14.8. The van der Waals surface area contributed by atoms with Gasteiger partial charge in [-0.1, -0.05) is 76.3 Å². The van der Waals surface area contributed by atoms with Gasteiger partial charge in [-0.3, -0.25) is 0 Å². The molecule has 1 aliphatic rings. The van der Waals surface area contributed by atoms with Crippen LogP contribution in [0.3, 0.4) is 0 Å². The van der Waals surface area contributed by atoms with Crippen LogP contribution in [0.1, 0.15) is 96.8 Å². The standard InChI is InChI=1S/C18H35NO3S/c1-2-3-4-5-6-7-10-13-16-23(21,22)18-15-12-9-8-11-14-17(18)19-20/h18,20H,2-16H2,1H3. The smallest absolute Gasteiger partial charge is 0.158 e. The lowest BCUT2D eigenvalue weighted by Crippen LogP contribution is -2.33. The molecule has 1 rings (SSSR count). The van der Waals surface area contributed by atoms with Gasteiger partial charge in [0.25, 0.3) is 0 Å². The van der Waals surface area contributed by atoms with Crippen LogP contribution in [-0.4, -0.2) is 30.3 Å². The second-order valence-electron chi connectivity index (χ2n) is 6.87. The summed E-state index contributed by atoms with van der Waals surface area (Å²) < 4.78 is 25.2. The van der Waals surface area contributed by atoms with Crippen molar-refractivity contribution in [3.05, 3.63) is 0 Å². The van der Waals surface area contributed by atoms with Crippen molar-refractivity contribution in [1.29, 1.82) is 0 Å². The Bertz CT molecular complexity index is 432. The van der Waals surface area contributed by atoms with Gasteiger partial charge in [-0.2, -0.15) is 0 Å². The topological polar surface area (TPSA) is 66.7 Å². The predicted octanol–water partition coefficient (Wildman–Crippen LogP) is 5.09. The number of sulfone groups is 1. The maximum Gasteiger partial charge on any atom is 0.158 e. The molecule has 0 spiro atoms. The van der Waals surface area contributed by atoms with Crippen molar-refractivity contribution >= 4 is 15.5 Å². The molecule has 0 aromatic heterocycles. The maximum atomic E-state index is 12.6. The number of unbranched alkanes of at least 4 members (excludes halogenated alkanes) is 7. The van der Waals surface area contributed by atoms with E-state index in [0.717, 1.165) is 44.9 Å². The molecular formula is C18H35NO3S. The lowest BCUT2D eigenvalue weighted by molar-refractivity contribution is 0.315. The third-order valence-corrected chi connectivity index (χ3v) is 7.10. The van der Waals surface area contributed by atoms with Gasteiger partial charge in [-0.15, -0.1) is 0 Å². The van der Waals surface area contributed by atoms with E-state index in [1.165, 1.54) is 32.1 Å². The third-order valence-electron chi connectivity index (χ3n) is 4.87. The molecular weight excluding hydrogens is 310 g/mol. The van der Waals surface area contributed by atoms with Crippen molar-refractivity contribution in [3.8, 4) is 0 Å². The van der Waals surface area contributed by atoms with Crippen LogP contribution < -0.4 is 0 Å². The Morgan fingerprint density at radius 2 is 1.57 bits per heavy atom. The van der Waals surface area contributed by atoms with Crippen LogP contribution in [0, 0.1) is 0 Å². The first-order chi connectivity index (χ1) is 11.1. The molecule has 0 heterocycles. The molecule has 0 aromatic rings. The Hall–Kier alpha value is -0.580. The SMILES string of the molecule is CCCCCCCCCCS(=O)(=O)C1CCCCCCC1=NO. The van der Waals surface area contributed by atoms with Gasteiger partial charge in [-0.05, 0) is 25.7 Å². The van der Waals surface area contributed by atoms with Gasteiger partial charge in [0.1, 0.15) is 5.25 Å². The fourth-order valence-corrected chi connectivity index (χ4v) is 5.39. The lowest BCUT2D eigenvalue weighted by atomic mass is 9.99. The number of nitrogens with zero attached hydrogens (tertiary/aromatic N) is 1. The summed E-state index contributed by atoms with van der Waals surface area (Å²) in [5, 5.41) is 12.0. The second-order valence-corrected chi connectivity index (χ2v) is 9.18. The van der Waals surface area contributed by atoms with E-state index in [-0.39, 0.29) is 5.75 Å². The van der Waals surface area contributed by atoms with Gasteiger partial charge >= 0.3 is 0 Å². The van der Waals surface area contributed by atoms with Gasteiger partial charge in [-0.25, -0.2) is 8.42 Å². The summed E-state index contributed by atoms with van der Waals surface area (Å²) in [6, 6.07) is 0. The van der Waals surface area contributed by atoms with E-state index in [2.05, 4.69) is 12.1 Å². The summed E-state index contributed by atoms with van der Waals surface area (Å²) in [7, 11) is -3.18. The van der Waals surface area contributed by atoms with Gasteiger partial charge in [0.05, 0.1) is 11.5 Å². The summed E-state index contributed by atoms with van der Waals surface area (Å²) >= 11 is 0. The molecule has 1 aliphatic carbocycles. The molecule has 1 atom stereocenters. The van der Waals surface area contributed by atoms with Crippen LogP contribution >= 0.6 is 0 Å². The Morgan fingerprint density at radius 1 is 0.957 bits per heavy atom. The number of hydrogen-bond donors (Lipinski definition) is 1. The monoisotopic (exact) mass is 345 g/mol. The van der Waals surface area contributed by atoms with Crippen LogP contribution in [0.2, 0.25) is 0 Å². The molecule has 1 N–H and O–H groups in total.